The normalized spacial score (nSPS) is 12.0. The van der Waals surface area contributed by atoms with Crippen LogP contribution in [0.1, 0.15) is 33.4 Å². The van der Waals surface area contributed by atoms with Crippen LogP contribution in [0.15, 0.2) is 182 Å². The molecule has 0 aliphatic carbocycles. The number of nitrogens with zero attached hydrogens (tertiary/aromatic N) is 2. The molecule has 0 aromatic heterocycles. The number of nitrogens with one attached hydrogen (secondary N) is 1. The van der Waals surface area contributed by atoms with Crippen LogP contribution < -0.4 is 5.32 Å². The van der Waals surface area contributed by atoms with Gasteiger partial charge in [-0.3, -0.25) is 0 Å². The predicted molar refractivity (Wildman–Crippen MR) is 199 cm³/mol. The zero-order valence-electron chi connectivity index (χ0n) is 28.4. The van der Waals surface area contributed by atoms with Crippen molar-refractivity contribution in [2.75, 3.05) is 40.4 Å². The average Bonchev–Trinajstić information content (AvgIpc) is 3.19. The standard InChI is InChI=1S/C44H45N3O2/c1-48-46(43(37-21-9-3-10-22-37,38-23-11-4-12-24-38)39-25-13-5-14-26-39)35-33-45-34-36-47(49-2)44(40-27-15-6-16-28-40,41-29-17-7-18-30-41)42-31-19-8-20-32-42/h3-32,45H,33-36H2,1-2H3. The summed E-state index contributed by atoms with van der Waals surface area (Å²) in [5, 5.41) is 7.94. The molecule has 0 saturated heterocycles. The summed E-state index contributed by atoms with van der Waals surface area (Å²) in [6, 6.07) is 63.8. The molecule has 0 unspecified atom stereocenters. The summed E-state index contributed by atoms with van der Waals surface area (Å²) in [4.78, 5) is 12.6. The van der Waals surface area contributed by atoms with Crippen LogP contribution in [-0.4, -0.2) is 50.5 Å². The molecule has 49 heavy (non-hydrogen) atoms. The van der Waals surface area contributed by atoms with Gasteiger partial charge in [-0.15, -0.1) is 0 Å². The van der Waals surface area contributed by atoms with Gasteiger partial charge in [0.1, 0.15) is 11.1 Å². The minimum atomic E-state index is -0.665. The van der Waals surface area contributed by atoms with E-state index in [0.29, 0.717) is 26.2 Å². The van der Waals surface area contributed by atoms with E-state index >= 15 is 0 Å². The highest BCUT2D eigenvalue weighted by atomic mass is 16.7. The summed E-state index contributed by atoms with van der Waals surface area (Å²) >= 11 is 0. The van der Waals surface area contributed by atoms with Gasteiger partial charge in [0, 0.05) is 26.2 Å². The summed E-state index contributed by atoms with van der Waals surface area (Å²) in [6.45, 7) is 2.63. The molecule has 0 aliphatic heterocycles. The average molecular weight is 648 g/mol. The van der Waals surface area contributed by atoms with E-state index in [1.165, 1.54) is 0 Å². The molecule has 0 amide bonds. The van der Waals surface area contributed by atoms with Crippen molar-refractivity contribution < 1.29 is 9.68 Å². The molecular formula is C44H45N3O2. The van der Waals surface area contributed by atoms with Crippen LogP contribution >= 0.6 is 0 Å². The van der Waals surface area contributed by atoms with E-state index in [9.17, 15) is 0 Å². The number of benzene rings is 6. The molecule has 248 valence electrons. The summed E-state index contributed by atoms with van der Waals surface area (Å²) in [7, 11) is 3.54. The van der Waals surface area contributed by atoms with Crippen LogP contribution in [0.2, 0.25) is 0 Å². The van der Waals surface area contributed by atoms with Crippen molar-refractivity contribution in [1.29, 1.82) is 0 Å². The van der Waals surface area contributed by atoms with Crippen LogP contribution in [0.25, 0.3) is 0 Å². The first kappa shape index (κ1) is 34.0. The lowest BCUT2D eigenvalue weighted by atomic mass is 9.76. The van der Waals surface area contributed by atoms with E-state index in [-0.39, 0.29) is 0 Å². The first-order valence-corrected chi connectivity index (χ1v) is 16.9. The van der Waals surface area contributed by atoms with Crippen LogP contribution in [0, 0.1) is 0 Å². The third-order valence-electron chi connectivity index (χ3n) is 9.32. The minimum Gasteiger partial charge on any atom is -0.314 e. The predicted octanol–water partition coefficient (Wildman–Crippen LogP) is 8.29. The van der Waals surface area contributed by atoms with Crippen molar-refractivity contribution in [3.05, 3.63) is 215 Å². The molecular weight excluding hydrogens is 603 g/mol. The van der Waals surface area contributed by atoms with E-state index in [2.05, 4.69) is 197 Å². The Morgan fingerprint density at radius 3 is 0.755 bits per heavy atom. The Labute approximate surface area is 291 Å². The number of hydrogen-bond donors (Lipinski definition) is 1. The maximum atomic E-state index is 6.31. The number of rotatable bonds is 16. The van der Waals surface area contributed by atoms with Gasteiger partial charge in [0.2, 0.25) is 0 Å². The lowest BCUT2D eigenvalue weighted by Crippen LogP contribution is -2.51. The van der Waals surface area contributed by atoms with Crippen LogP contribution in [0.3, 0.4) is 0 Å². The quantitative estimate of drug-likeness (QED) is 0.0650. The molecule has 6 aromatic rings. The fourth-order valence-corrected chi connectivity index (χ4v) is 7.22. The number of hydroxylamine groups is 4. The van der Waals surface area contributed by atoms with Crippen LogP contribution in [0.5, 0.6) is 0 Å². The third-order valence-corrected chi connectivity index (χ3v) is 9.32. The molecule has 6 aromatic carbocycles. The molecule has 0 bridgehead atoms. The smallest absolute Gasteiger partial charge is 0.121 e. The lowest BCUT2D eigenvalue weighted by Gasteiger charge is -2.44. The monoisotopic (exact) mass is 647 g/mol. The van der Waals surface area contributed by atoms with E-state index in [1.54, 1.807) is 14.2 Å². The molecule has 0 radical (unpaired) electrons. The van der Waals surface area contributed by atoms with Crippen molar-refractivity contribution >= 4 is 0 Å². The Morgan fingerprint density at radius 2 is 0.571 bits per heavy atom. The molecule has 0 atom stereocenters. The maximum Gasteiger partial charge on any atom is 0.121 e. The Balaban J connectivity index is 1.29. The summed E-state index contributed by atoms with van der Waals surface area (Å²) in [5.74, 6) is 0. The van der Waals surface area contributed by atoms with Gasteiger partial charge in [-0.1, -0.05) is 182 Å². The zero-order valence-corrected chi connectivity index (χ0v) is 28.4. The van der Waals surface area contributed by atoms with Gasteiger partial charge in [-0.05, 0) is 33.4 Å². The molecule has 5 heteroatoms. The van der Waals surface area contributed by atoms with E-state index in [0.717, 1.165) is 33.4 Å². The molecule has 5 nitrogen and oxygen atoms in total. The second-order valence-electron chi connectivity index (χ2n) is 11.9. The molecule has 0 fully saturated rings. The van der Waals surface area contributed by atoms with Gasteiger partial charge < -0.3 is 15.0 Å². The van der Waals surface area contributed by atoms with Crippen LogP contribution in [0.4, 0.5) is 0 Å². The maximum absolute atomic E-state index is 6.31. The highest BCUT2D eigenvalue weighted by molar-refractivity contribution is 5.50. The van der Waals surface area contributed by atoms with Gasteiger partial charge in [0.25, 0.3) is 0 Å². The first-order chi connectivity index (χ1) is 24.3. The zero-order chi connectivity index (χ0) is 33.8. The van der Waals surface area contributed by atoms with Crippen molar-refractivity contribution in [2.24, 2.45) is 0 Å². The fraction of sp³-hybridized carbons (Fsp3) is 0.182. The molecule has 0 spiro atoms. The Morgan fingerprint density at radius 1 is 0.367 bits per heavy atom. The van der Waals surface area contributed by atoms with Crippen molar-refractivity contribution in [1.82, 2.24) is 15.4 Å². The Bertz CT molecular complexity index is 1480. The van der Waals surface area contributed by atoms with Crippen molar-refractivity contribution in [3.8, 4) is 0 Å². The summed E-state index contributed by atoms with van der Waals surface area (Å²) in [6.07, 6.45) is 0. The Kier molecular flexibility index (Phi) is 11.4. The molecule has 6 rings (SSSR count). The van der Waals surface area contributed by atoms with Crippen LogP contribution in [-0.2, 0) is 20.8 Å². The topological polar surface area (TPSA) is 37.0 Å². The van der Waals surface area contributed by atoms with Crippen molar-refractivity contribution in [2.45, 2.75) is 11.1 Å². The second kappa shape index (κ2) is 16.5. The third kappa shape index (κ3) is 6.86. The Hall–Kier alpha value is -4.88. The lowest BCUT2D eigenvalue weighted by molar-refractivity contribution is -0.184. The SMILES string of the molecule is CON(CCNCCN(OC)C(c1ccccc1)(c1ccccc1)c1ccccc1)C(c1ccccc1)(c1ccccc1)c1ccccc1. The van der Waals surface area contributed by atoms with Gasteiger partial charge in [0.15, 0.2) is 0 Å². The molecule has 0 aliphatic rings. The van der Waals surface area contributed by atoms with E-state index < -0.39 is 11.1 Å². The minimum absolute atomic E-state index is 0.628. The largest absolute Gasteiger partial charge is 0.314 e. The van der Waals surface area contributed by atoms with Gasteiger partial charge in [-0.2, -0.15) is 10.1 Å². The van der Waals surface area contributed by atoms with Gasteiger partial charge in [0.05, 0.1) is 14.2 Å². The van der Waals surface area contributed by atoms with Gasteiger partial charge >= 0.3 is 0 Å². The summed E-state index contributed by atoms with van der Waals surface area (Å²) in [5.41, 5.74) is 5.49. The van der Waals surface area contributed by atoms with Gasteiger partial charge in [-0.25, -0.2) is 0 Å². The molecule has 0 saturated carbocycles. The molecule has 0 heterocycles. The first-order valence-electron chi connectivity index (χ1n) is 16.9. The van der Waals surface area contributed by atoms with E-state index in [1.807, 2.05) is 0 Å². The highest BCUT2D eigenvalue weighted by Gasteiger charge is 2.44. The number of hydrogen-bond acceptors (Lipinski definition) is 5. The van der Waals surface area contributed by atoms with Crippen molar-refractivity contribution in [3.63, 3.8) is 0 Å². The fourth-order valence-electron chi connectivity index (χ4n) is 7.22. The molecule has 1 N–H and O–H groups in total. The highest BCUT2D eigenvalue weighted by Crippen LogP contribution is 2.43. The van der Waals surface area contributed by atoms with E-state index in [4.69, 9.17) is 9.68 Å². The summed E-state index contributed by atoms with van der Waals surface area (Å²) < 4.78 is 0. The second-order valence-corrected chi connectivity index (χ2v) is 11.9.